The van der Waals surface area contributed by atoms with E-state index in [2.05, 4.69) is 4.98 Å². The van der Waals surface area contributed by atoms with Crippen molar-refractivity contribution in [2.45, 2.75) is 6.92 Å². The Morgan fingerprint density at radius 1 is 1.71 bits per heavy atom. The van der Waals surface area contributed by atoms with E-state index >= 15 is 0 Å². The first-order valence-corrected chi connectivity index (χ1v) is 3.49. The van der Waals surface area contributed by atoms with Gasteiger partial charge in [-0.25, -0.2) is 4.98 Å². The molecule has 0 aromatic carbocycles. The second-order valence-electron chi connectivity index (χ2n) is 2.18. The Kier molecular flexibility index (Phi) is 4.61. The lowest BCUT2D eigenvalue weighted by Gasteiger charge is -1.91. The molecule has 7 heteroatoms. The molecule has 1 aromatic rings. The van der Waals surface area contributed by atoms with Gasteiger partial charge in [0.05, 0.1) is 4.92 Å². The fourth-order valence-electron chi connectivity index (χ4n) is 0.563. The normalized spacial score (nSPS) is 8.36. The average Bonchev–Trinajstić information content (AvgIpc) is 2.03. The number of hydrogen-bond acceptors (Lipinski definition) is 5. The summed E-state index contributed by atoms with van der Waals surface area (Å²) in [6, 6.07) is 2.77. The van der Waals surface area contributed by atoms with Gasteiger partial charge in [0, 0.05) is 19.2 Å². The standard InChI is InChI=1S/C5H5N3O2.C2H4O2/c6-5-4(8(9)10)2-1-3-7-5;1-2(3)4/h1-3H,(H2,6,7);1H3,(H,3,4). The molecule has 3 N–H and O–H groups in total. The van der Waals surface area contributed by atoms with Crippen LogP contribution in [0.15, 0.2) is 18.3 Å². The molecule has 76 valence electrons. The van der Waals surface area contributed by atoms with Crippen LogP contribution < -0.4 is 5.73 Å². The number of anilines is 1. The van der Waals surface area contributed by atoms with Crippen molar-refractivity contribution >= 4 is 17.5 Å². The Balaban J connectivity index is 0.000000364. The topological polar surface area (TPSA) is 119 Å². The van der Waals surface area contributed by atoms with Crippen molar-refractivity contribution in [3.05, 3.63) is 28.4 Å². The summed E-state index contributed by atoms with van der Waals surface area (Å²) in [4.78, 5) is 22.1. The zero-order valence-corrected chi connectivity index (χ0v) is 7.38. The van der Waals surface area contributed by atoms with Crippen LogP contribution in [0.4, 0.5) is 11.5 Å². The lowest BCUT2D eigenvalue weighted by Crippen LogP contribution is -1.96. The summed E-state index contributed by atoms with van der Waals surface area (Å²) in [5.74, 6) is -0.882. The van der Waals surface area contributed by atoms with Crippen LogP contribution >= 0.6 is 0 Å². The average molecular weight is 199 g/mol. The van der Waals surface area contributed by atoms with Crippen molar-refractivity contribution in [2.24, 2.45) is 0 Å². The highest BCUT2D eigenvalue weighted by Crippen LogP contribution is 2.15. The third-order valence-electron chi connectivity index (χ3n) is 1.01. The molecule has 0 bridgehead atoms. The van der Waals surface area contributed by atoms with Crippen LogP contribution in [0.25, 0.3) is 0 Å². The molecule has 0 fully saturated rings. The van der Waals surface area contributed by atoms with E-state index in [4.69, 9.17) is 15.6 Å². The molecule has 1 heterocycles. The number of nitrogen functional groups attached to an aromatic ring is 1. The largest absolute Gasteiger partial charge is 0.481 e. The summed E-state index contributed by atoms with van der Waals surface area (Å²) >= 11 is 0. The van der Waals surface area contributed by atoms with E-state index in [1.54, 1.807) is 0 Å². The highest BCUT2D eigenvalue weighted by atomic mass is 16.6. The van der Waals surface area contributed by atoms with Gasteiger partial charge < -0.3 is 10.8 Å². The number of rotatable bonds is 1. The second-order valence-corrected chi connectivity index (χ2v) is 2.18. The van der Waals surface area contributed by atoms with Crippen molar-refractivity contribution in [1.82, 2.24) is 4.98 Å². The monoisotopic (exact) mass is 199 g/mol. The van der Waals surface area contributed by atoms with Crippen LogP contribution in [0.5, 0.6) is 0 Å². The number of pyridine rings is 1. The highest BCUT2D eigenvalue weighted by Gasteiger charge is 2.08. The number of carboxylic acids is 1. The molecule has 0 unspecified atom stereocenters. The molecule has 0 aliphatic rings. The Bertz CT molecular complexity index is 335. The van der Waals surface area contributed by atoms with E-state index in [0.717, 1.165) is 6.92 Å². The van der Waals surface area contributed by atoms with E-state index in [9.17, 15) is 10.1 Å². The van der Waals surface area contributed by atoms with Crippen LogP contribution in [0, 0.1) is 10.1 Å². The predicted molar refractivity (Wildman–Crippen MR) is 48.6 cm³/mol. The molecule has 7 nitrogen and oxygen atoms in total. The minimum absolute atomic E-state index is 0.0486. The molecule has 0 radical (unpaired) electrons. The van der Waals surface area contributed by atoms with Crippen LogP contribution in [0.2, 0.25) is 0 Å². The van der Waals surface area contributed by atoms with Gasteiger partial charge in [-0.3, -0.25) is 14.9 Å². The molecule has 1 rings (SSSR count). The zero-order chi connectivity index (χ0) is 11.1. The lowest BCUT2D eigenvalue weighted by atomic mass is 10.4. The summed E-state index contributed by atoms with van der Waals surface area (Å²) in [6.07, 6.45) is 1.41. The van der Waals surface area contributed by atoms with Gasteiger partial charge in [0.25, 0.3) is 5.97 Å². The van der Waals surface area contributed by atoms with Gasteiger partial charge in [-0.15, -0.1) is 0 Å². The molecule has 0 aliphatic carbocycles. The van der Waals surface area contributed by atoms with Crippen molar-refractivity contribution in [1.29, 1.82) is 0 Å². The molecule has 0 saturated carbocycles. The van der Waals surface area contributed by atoms with E-state index in [1.165, 1.54) is 18.3 Å². The molecule has 0 aliphatic heterocycles. The number of carboxylic acid groups (broad SMARTS) is 1. The van der Waals surface area contributed by atoms with Crippen molar-refractivity contribution in [3.8, 4) is 0 Å². The quantitative estimate of drug-likeness (QED) is 0.506. The number of carbonyl (C=O) groups is 1. The minimum atomic E-state index is -0.833. The van der Waals surface area contributed by atoms with E-state index < -0.39 is 10.9 Å². The predicted octanol–water partition coefficient (Wildman–Crippen LogP) is 0.663. The zero-order valence-electron chi connectivity index (χ0n) is 7.38. The second kappa shape index (κ2) is 5.46. The maximum Gasteiger partial charge on any atom is 0.311 e. The summed E-state index contributed by atoms with van der Waals surface area (Å²) in [5, 5.41) is 17.5. The Morgan fingerprint density at radius 2 is 2.21 bits per heavy atom. The summed E-state index contributed by atoms with van der Waals surface area (Å²) in [6.45, 7) is 1.08. The molecule has 0 amide bonds. The van der Waals surface area contributed by atoms with Gasteiger partial charge in [0.1, 0.15) is 0 Å². The number of nitro groups is 1. The van der Waals surface area contributed by atoms with Crippen molar-refractivity contribution in [3.63, 3.8) is 0 Å². The number of aliphatic carboxylic acids is 1. The molecular formula is C7H9N3O4. The highest BCUT2D eigenvalue weighted by molar-refractivity contribution is 5.62. The summed E-state index contributed by atoms with van der Waals surface area (Å²) < 4.78 is 0. The third-order valence-corrected chi connectivity index (χ3v) is 1.01. The Morgan fingerprint density at radius 3 is 2.50 bits per heavy atom. The maximum atomic E-state index is 10.1. The van der Waals surface area contributed by atoms with E-state index in [-0.39, 0.29) is 11.5 Å². The third kappa shape index (κ3) is 4.65. The molecule has 14 heavy (non-hydrogen) atoms. The molecular weight excluding hydrogens is 190 g/mol. The Labute approximate surface area is 79.3 Å². The summed E-state index contributed by atoms with van der Waals surface area (Å²) in [7, 11) is 0. The number of hydrogen-bond donors (Lipinski definition) is 2. The Hall–Kier alpha value is -2.18. The van der Waals surface area contributed by atoms with Crippen LogP contribution in [0.1, 0.15) is 6.92 Å². The van der Waals surface area contributed by atoms with E-state index in [0.29, 0.717) is 0 Å². The lowest BCUT2D eigenvalue weighted by molar-refractivity contribution is -0.384. The van der Waals surface area contributed by atoms with Gasteiger partial charge >= 0.3 is 5.69 Å². The minimum Gasteiger partial charge on any atom is -0.481 e. The van der Waals surface area contributed by atoms with Crippen LogP contribution in [0.3, 0.4) is 0 Å². The fourth-order valence-corrected chi connectivity index (χ4v) is 0.563. The number of nitrogens with zero attached hydrogens (tertiary/aromatic N) is 2. The SMILES string of the molecule is CC(=O)O.Nc1ncccc1[N+](=O)[O-]. The first-order valence-electron chi connectivity index (χ1n) is 3.49. The van der Waals surface area contributed by atoms with Gasteiger partial charge in [-0.1, -0.05) is 0 Å². The van der Waals surface area contributed by atoms with Gasteiger partial charge in [-0.2, -0.15) is 0 Å². The van der Waals surface area contributed by atoms with Crippen molar-refractivity contribution in [2.75, 3.05) is 5.73 Å². The smallest absolute Gasteiger partial charge is 0.311 e. The van der Waals surface area contributed by atoms with Gasteiger partial charge in [-0.05, 0) is 6.07 Å². The summed E-state index contributed by atoms with van der Waals surface area (Å²) in [5.41, 5.74) is 5.02. The number of nitrogens with two attached hydrogens (primary N) is 1. The molecule has 0 saturated heterocycles. The van der Waals surface area contributed by atoms with Gasteiger partial charge in [0.15, 0.2) is 0 Å². The molecule has 0 spiro atoms. The fraction of sp³-hybridized carbons (Fsp3) is 0.143. The molecule has 1 aromatic heterocycles. The number of aromatic nitrogens is 1. The molecule has 0 atom stereocenters. The maximum absolute atomic E-state index is 10.1. The first-order chi connectivity index (χ1) is 6.45. The van der Waals surface area contributed by atoms with Gasteiger partial charge in [0.2, 0.25) is 5.82 Å². The van der Waals surface area contributed by atoms with Crippen LogP contribution in [-0.2, 0) is 4.79 Å². The van der Waals surface area contributed by atoms with Crippen molar-refractivity contribution < 1.29 is 14.8 Å². The first kappa shape index (κ1) is 11.8. The van der Waals surface area contributed by atoms with Crippen LogP contribution in [-0.4, -0.2) is 21.0 Å². The van der Waals surface area contributed by atoms with E-state index in [1.807, 2.05) is 0 Å².